The molecule has 0 aromatic carbocycles. The number of aromatic nitrogens is 2. The van der Waals surface area contributed by atoms with Crippen molar-refractivity contribution in [1.82, 2.24) is 14.9 Å². The molecule has 0 radical (unpaired) electrons. The third-order valence-electron chi connectivity index (χ3n) is 4.22. The Morgan fingerprint density at radius 2 is 2.39 bits per heavy atom. The molecule has 7 heteroatoms. The van der Waals surface area contributed by atoms with E-state index in [0.29, 0.717) is 24.5 Å². The minimum Gasteiger partial charge on any atom is -0.383 e. The van der Waals surface area contributed by atoms with Gasteiger partial charge in [-0.15, -0.1) is 11.3 Å². The Hall–Kier alpha value is -1.73. The molecular weight excluding hydrogens is 314 g/mol. The van der Waals surface area contributed by atoms with Crippen molar-refractivity contribution in [2.24, 2.45) is 5.92 Å². The van der Waals surface area contributed by atoms with Gasteiger partial charge in [-0.1, -0.05) is 6.92 Å². The molecule has 3 rings (SSSR count). The molecule has 2 aromatic rings. The molecule has 0 aliphatic heterocycles. The van der Waals surface area contributed by atoms with Crippen molar-refractivity contribution >= 4 is 27.5 Å². The van der Waals surface area contributed by atoms with Crippen molar-refractivity contribution in [3.8, 4) is 0 Å². The Morgan fingerprint density at radius 1 is 1.57 bits per heavy atom. The van der Waals surface area contributed by atoms with Gasteiger partial charge < -0.3 is 10.1 Å². The largest absolute Gasteiger partial charge is 0.383 e. The molecule has 6 nitrogen and oxygen atoms in total. The normalized spacial score (nSPS) is 17.2. The zero-order valence-corrected chi connectivity index (χ0v) is 14.2. The summed E-state index contributed by atoms with van der Waals surface area (Å²) in [5, 5.41) is 3.43. The van der Waals surface area contributed by atoms with E-state index in [1.165, 1.54) is 15.8 Å². The molecule has 1 aliphatic carbocycles. The molecule has 1 atom stereocenters. The van der Waals surface area contributed by atoms with E-state index in [1.54, 1.807) is 18.4 Å². The molecule has 1 amide bonds. The Kier molecular flexibility index (Phi) is 4.77. The second kappa shape index (κ2) is 6.80. The number of nitrogens with zero attached hydrogens (tertiary/aromatic N) is 2. The number of methoxy groups -OCH3 is 1. The van der Waals surface area contributed by atoms with Crippen molar-refractivity contribution < 1.29 is 9.53 Å². The maximum atomic E-state index is 12.7. The number of hydrogen-bond acceptors (Lipinski definition) is 5. The molecule has 0 fully saturated rings. The van der Waals surface area contributed by atoms with E-state index in [2.05, 4.69) is 17.2 Å². The highest BCUT2D eigenvalue weighted by molar-refractivity contribution is 7.18. The molecule has 0 spiro atoms. The van der Waals surface area contributed by atoms with Crippen LogP contribution in [-0.2, 0) is 28.9 Å². The molecule has 23 heavy (non-hydrogen) atoms. The van der Waals surface area contributed by atoms with E-state index in [-0.39, 0.29) is 18.0 Å². The number of rotatable bonds is 5. The summed E-state index contributed by atoms with van der Waals surface area (Å²) in [4.78, 5) is 31.1. The monoisotopic (exact) mass is 335 g/mol. The van der Waals surface area contributed by atoms with Crippen LogP contribution in [0.15, 0.2) is 11.1 Å². The molecule has 0 bridgehead atoms. The number of fused-ring (bicyclic) bond motifs is 3. The minimum absolute atomic E-state index is 0.00743. The van der Waals surface area contributed by atoms with Gasteiger partial charge in [-0.25, -0.2) is 4.98 Å². The summed E-state index contributed by atoms with van der Waals surface area (Å²) in [6.45, 7) is 3.12. The second-order valence-corrected chi connectivity index (χ2v) is 7.14. The Morgan fingerprint density at radius 3 is 3.17 bits per heavy atom. The van der Waals surface area contributed by atoms with Gasteiger partial charge in [-0.05, 0) is 30.7 Å². The van der Waals surface area contributed by atoms with Crippen molar-refractivity contribution in [1.29, 1.82) is 0 Å². The number of hydrogen-bond donors (Lipinski definition) is 1. The first-order valence-electron chi connectivity index (χ1n) is 7.85. The predicted octanol–water partition coefficient (Wildman–Crippen LogP) is 1.35. The van der Waals surface area contributed by atoms with E-state index >= 15 is 0 Å². The highest BCUT2D eigenvalue weighted by Crippen LogP contribution is 2.35. The molecule has 1 N–H and O–H groups in total. The van der Waals surface area contributed by atoms with Crippen LogP contribution < -0.4 is 10.9 Å². The molecule has 1 aliphatic rings. The first kappa shape index (κ1) is 16.1. The van der Waals surface area contributed by atoms with E-state index in [4.69, 9.17) is 4.74 Å². The van der Waals surface area contributed by atoms with E-state index in [0.717, 1.165) is 29.7 Å². The summed E-state index contributed by atoms with van der Waals surface area (Å²) >= 11 is 1.62. The van der Waals surface area contributed by atoms with Crippen LogP contribution in [0.5, 0.6) is 0 Å². The van der Waals surface area contributed by atoms with Crippen molar-refractivity contribution in [3.05, 3.63) is 27.1 Å². The number of thiophene rings is 1. The SMILES string of the molecule is COCCNC(=O)Cn1cnc2sc3c(c2c1=O)CCC(C)C3. The van der Waals surface area contributed by atoms with Gasteiger partial charge in [0, 0.05) is 18.5 Å². The van der Waals surface area contributed by atoms with Crippen LogP contribution in [0, 0.1) is 5.92 Å². The molecule has 0 saturated carbocycles. The summed E-state index contributed by atoms with van der Waals surface area (Å²) < 4.78 is 6.29. The smallest absolute Gasteiger partial charge is 0.262 e. The lowest BCUT2D eigenvalue weighted by atomic mass is 9.89. The average Bonchev–Trinajstić information content (AvgIpc) is 2.88. The Balaban J connectivity index is 1.87. The number of amides is 1. The van der Waals surface area contributed by atoms with Gasteiger partial charge in [-0.3, -0.25) is 14.2 Å². The highest BCUT2D eigenvalue weighted by atomic mass is 32.1. The van der Waals surface area contributed by atoms with Crippen LogP contribution in [0.2, 0.25) is 0 Å². The maximum absolute atomic E-state index is 12.7. The van der Waals surface area contributed by atoms with Crippen molar-refractivity contribution in [3.63, 3.8) is 0 Å². The summed E-state index contributed by atoms with van der Waals surface area (Å²) in [7, 11) is 1.58. The fraction of sp³-hybridized carbons (Fsp3) is 0.562. The number of aryl methyl sites for hydroxylation is 1. The van der Waals surface area contributed by atoms with Gasteiger partial charge in [0.05, 0.1) is 18.3 Å². The number of ether oxygens (including phenoxy) is 1. The van der Waals surface area contributed by atoms with Crippen LogP contribution in [-0.4, -0.2) is 35.7 Å². The standard InChI is InChI=1S/C16H21N3O3S/c1-10-3-4-11-12(7-10)23-15-14(11)16(21)19(9-18-15)8-13(20)17-5-6-22-2/h9-10H,3-8H2,1-2H3,(H,17,20). The van der Waals surface area contributed by atoms with Crippen LogP contribution in [0.25, 0.3) is 10.2 Å². The van der Waals surface area contributed by atoms with Crippen LogP contribution in [0.4, 0.5) is 0 Å². The summed E-state index contributed by atoms with van der Waals surface area (Å²) in [6, 6.07) is 0. The van der Waals surface area contributed by atoms with Gasteiger partial charge >= 0.3 is 0 Å². The summed E-state index contributed by atoms with van der Waals surface area (Å²) in [6.07, 6.45) is 4.53. The first-order chi connectivity index (χ1) is 11.1. The van der Waals surface area contributed by atoms with Crippen LogP contribution in [0.3, 0.4) is 0 Å². The van der Waals surface area contributed by atoms with Crippen LogP contribution in [0.1, 0.15) is 23.8 Å². The Bertz CT molecular complexity index is 781. The van der Waals surface area contributed by atoms with Crippen molar-refractivity contribution in [2.75, 3.05) is 20.3 Å². The maximum Gasteiger partial charge on any atom is 0.262 e. The lowest BCUT2D eigenvalue weighted by molar-refractivity contribution is -0.121. The predicted molar refractivity (Wildman–Crippen MR) is 90.0 cm³/mol. The molecule has 2 heterocycles. The van der Waals surface area contributed by atoms with E-state index < -0.39 is 0 Å². The van der Waals surface area contributed by atoms with E-state index in [9.17, 15) is 9.59 Å². The zero-order chi connectivity index (χ0) is 16.4. The van der Waals surface area contributed by atoms with Gasteiger partial charge in [-0.2, -0.15) is 0 Å². The third kappa shape index (κ3) is 3.30. The van der Waals surface area contributed by atoms with Crippen molar-refractivity contribution in [2.45, 2.75) is 32.7 Å². The molecule has 1 unspecified atom stereocenters. The summed E-state index contributed by atoms with van der Waals surface area (Å²) in [5.74, 6) is 0.451. The number of carbonyl (C=O) groups is 1. The molecule has 2 aromatic heterocycles. The highest BCUT2D eigenvalue weighted by Gasteiger charge is 2.23. The molecular formula is C16H21N3O3S. The topological polar surface area (TPSA) is 73.2 Å². The summed E-state index contributed by atoms with van der Waals surface area (Å²) in [5.41, 5.74) is 1.04. The van der Waals surface area contributed by atoms with Gasteiger partial charge in [0.25, 0.3) is 5.56 Å². The van der Waals surface area contributed by atoms with Crippen LogP contribution >= 0.6 is 11.3 Å². The van der Waals surface area contributed by atoms with Gasteiger partial charge in [0.1, 0.15) is 11.4 Å². The minimum atomic E-state index is -0.206. The number of nitrogens with one attached hydrogen (secondary N) is 1. The third-order valence-corrected chi connectivity index (χ3v) is 5.39. The number of carbonyl (C=O) groups excluding carboxylic acids is 1. The second-order valence-electron chi connectivity index (χ2n) is 6.05. The lowest BCUT2D eigenvalue weighted by Gasteiger charge is -2.17. The Labute approximate surface area is 138 Å². The molecule has 124 valence electrons. The van der Waals surface area contributed by atoms with Gasteiger partial charge in [0.2, 0.25) is 5.91 Å². The average molecular weight is 335 g/mol. The quantitative estimate of drug-likeness (QED) is 0.837. The lowest BCUT2D eigenvalue weighted by Crippen LogP contribution is -2.34. The van der Waals surface area contributed by atoms with E-state index in [1.807, 2.05) is 0 Å². The van der Waals surface area contributed by atoms with Gasteiger partial charge in [0.15, 0.2) is 0 Å². The first-order valence-corrected chi connectivity index (χ1v) is 8.67. The molecule has 0 saturated heterocycles. The fourth-order valence-electron chi connectivity index (χ4n) is 2.98. The zero-order valence-electron chi connectivity index (χ0n) is 13.4. The fourth-order valence-corrected chi connectivity index (χ4v) is 4.32.